The fourth-order valence-electron chi connectivity index (χ4n) is 3.92. The molecule has 6 rings (SSSR count). The third-order valence-corrected chi connectivity index (χ3v) is 4.95. The Morgan fingerprint density at radius 1 is 1.00 bits per heavy atom. The number of imidazole rings is 1. The topological polar surface area (TPSA) is 39.0 Å². The third kappa shape index (κ3) is 1.59. The molecule has 0 saturated heterocycles. The summed E-state index contributed by atoms with van der Waals surface area (Å²) in [6.45, 7) is 0.798. The van der Waals surface area contributed by atoms with Crippen LogP contribution in [-0.2, 0) is 6.54 Å². The predicted octanol–water partition coefficient (Wildman–Crippen LogP) is 2.99. The normalized spacial score (nSPS) is 12.6. The Bertz CT molecular complexity index is 1260. The molecule has 5 heterocycles. The van der Waals surface area contributed by atoms with Crippen molar-refractivity contribution in [3.05, 3.63) is 79.0 Å². The van der Waals surface area contributed by atoms with Crippen LogP contribution in [0.3, 0.4) is 0 Å². The lowest BCUT2D eigenvalue weighted by molar-refractivity contribution is -0.646. The molecule has 0 amide bonds. The Hall–Kier alpha value is -3.47. The third-order valence-electron chi connectivity index (χ3n) is 4.95. The van der Waals surface area contributed by atoms with Crippen molar-refractivity contribution in [2.45, 2.75) is 6.54 Å². The SMILES string of the molecule is c1ccc(-n2c3[n+](c4cc5cnccn5c42)Cc2ncccc2-3)cc1. The highest BCUT2D eigenvalue weighted by Gasteiger charge is 2.37. The zero-order chi connectivity index (χ0) is 16.4. The van der Waals surface area contributed by atoms with E-state index in [-0.39, 0.29) is 0 Å². The largest absolute Gasteiger partial charge is 0.298 e. The summed E-state index contributed by atoms with van der Waals surface area (Å²) in [6.07, 6.45) is 7.63. The van der Waals surface area contributed by atoms with Gasteiger partial charge in [0.2, 0.25) is 0 Å². The Kier molecular flexibility index (Phi) is 2.34. The molecule has 1 aliphatic rings. The van der Waals surface area contributed by atoms with Crippen molar-refractivity contribution in [2.75, 3.05) is 0 Å². The predicted molar refractivity (Wildman–Crippen MR) is 94.6 cm³/mol. The van der Waals surface area contributed by atoms with Crippen LogP contribution in [0.4, 0.5) is 0 Å². The molecule has 1 aliphatic heterocycles. The standard InChI is InChI=1S/C20H14N5/c1-2-5-14(6-3-1)25-19-16-7-4-8-22-17(16)13-24(19)18-11-15-12-21-9-10-23(15)20(18)25/h1-12H,13H2/q+1. The number of rotatable bonds is 1. The van der Waals surface area contributed by atoms with Gasteiger partial charge in [-0.15, -0.1) is 0 Å². The highest BCUT2D eigenvalue weighted by Crippen LogP contribution is 2.33. The molecule has 25 heavy (non-hydrogen) atoms. The molecule has 0 fully saturated rings. The van der Waals surface area contributed by atoms with Gasteiger partial charge in [-0.1, -0.05) is 18.2 Å². The van der Waals surface area contributed by atoms with Crippen LogP contribution >= 0.6 is 0 Å². The van der Waals surface area contributed by atoms with E-state index in [4.69, 9.17) is 0 Å². The van der Waals surface area contributed by atoms with E-state index in [0.29, 0.717) is 0 Å². The molecule has 0 bridgehead atoms. The van der Waals surface area contributed by atoms with E-state index in [1.165, 1.54) is 16.9 Å². The van der Waals surface area contributed by atoms with E-state index < -0.39 is 0 Å². The molecule has 5 nitrogen and oxygen atoms in total. The number of pyridine rings is 1. The van der Waals surface area contributed by atoms with E-state index >= 15 is 0 Å². The van der Waals surface area contributed by atoms with Crippen molar-refractivity contribution in [1.29, 1.82) is 0 Å². The fraction of sp³-hybridized carbons (Fsp3) is 0.0500. The van der Waals surface area contributed by atoms with Crippen LogP contribution in [-0.4, -0.2) is 18.9 Å². The molecule has 5 heteroatoms. The quantitative estimate of drug-likeness (QED) is 0.436. The minimum absolute atomic E-state index is 0.798. The molecule has 0 N–H and O–H groups in total. The van der Waals surface area contributed by atoms with Gasteiger partial charge in [0, 0.05) is 24.7 Å². The van der Waals surface area contributed by atoms with Gasteiger partial charge in [-0.3, -0.25) is 14.4 Å². The van der Waals surface area contributed by atoms with Gasteiger partial charge >= 0.3 is 0 Å². The number of fused-ring (bicyclic) bond motifs is 7. The smallest absolute Gasteiger partial charge is 0.277 e. The zero-order valence-electron chi connectivity index (χ0n) is 13.4. The van der Waals surface area contributed by atoms with Gasteiger partial charge in [-0.25, -0.2) is 4.57 Å². The maximum atomic E-state index is 4.59. The van der Waals surface area contributed by atoms with E-state index in [9.17, 15) is 0 Å². The number of hydrogen-bond donors (Lipinski definition) is 0. The Morgan fingerprint density at radius 3 is 2.84 bits per heavy atom. The second kappa shape index (κ2) is 4.54. The first-order chi connectivity index (χ1) is 12.4. The van der Waals surface area contributed by atoms with E-state index in [1.54, 1.807) is 0 Å². The Balaban J connectivity index is 1.84. The minimum atomic E-state index is 0.798. The van der Waals surface area contributed by atoms with Crippen molar-refractivity contribution in [1.82, 2.24) is 18.9 Å². The Morgan fingerprint density at radius 2 is 1.92 bits per heavy atom. The monoisotopic (exact) mass is 324 g/mol. The summed E-state index contributed by atoms with van der Waals surface area (Å²) in [5, 5.41) is 0. The molecule has 1 aromatic carbocycles. The molecule has 0 radical (unpaired) electrons. The lowest BCUT2D eigenvalue weighted by Crippen LogP contribution is -2.31. The van der Waals surface area contributed by atoms with E-state index in [2.05, 4.69) is 59.9 Å². The lowest BCUT2D eigenvalue weighted by atomic mass is 10.2. The van der Waals surface area contributed by atoms with Gasteiger partial charge in [0.15, 0.2) is 5.52 Å². The number of para-hydroxylation sites is 1. The molecule has 0 spiro atoms. The van der Waals surface area contributed by atoms with Crippen LogP contribution in [0.1, 0.15) is 5.69 Å². The molecular formula is C20H14N5+. The summed E-state index contributed by atoms with van der Waals surface area (Å²) in [4.78, 5) is 8.86. The summed E-state index contributed by atoms with van der Waals surface area (Å²) < 4.78 is 6.89. The highest BCUT2D eigenvalue weighted by atomic mass is 15.2. The average Bonchev–Trinajstić information content (AvgIpc) is 3.30. The average molecular weight is 324 g/mol. The second-order valence-electron chi connectivity index (χ2n) is 6.30. The van der Waals surface area contributed by atoms with Crippen molar-refractivity contribution in [3.63, 3.8) is 0 Å². The number of nitrogens with zero attached hydrogens (tertiary/aromatic N) is 5. The number of aromatic nitrogens is 5. The molecule has 118 valence electrons. The van der Waals surface area contributed by atoms with Crippen LogP contribution < -0.4 is 4.57 Å². The van der Waals surface area contributed by atoms with E-state index in [1.807, 2.05) is 36.9 Å². The summed E-state index contributed by atoms with van der Waals surface area (Å²) in [5.74, 6) is 1.19. The zero-order valence-corrected chi connectivity index (χ0v) is 13.4. The molecule has 5 aromatic rings. The van der Waals surface area contributed by atoms with Crippen LogP contribution in [0, 0.1) is 0 Å². The van der Waals surface area contributed by atoms with Crippen LogP contribution in [0.25, 0.3) is 33.8 Å². The maximum absolute atomic E-state index is 4.59. The summed E-state index contributed by atoms with van der Waals surface area (Å²) >= 11 is 0. The van der Waals surface area contributed by atoms with Crippen LogP contribution in [0.5, 0.6) is 0 Å². The van der Waals surface area contributed by atoms with Gasteiger partial charge in [-0.05, 0) is 24.3 Å². The lowest BCUT2D eigenvalue weighted by Gasteiger charge is -2.02. The number of benzene rings is 1. The van der Waals surface area contributed by atoms with Gasteiger partial charge in [0.1, 0.15) is 12.2 Å². The maximum Gasteiger partial charge on any atom is 0.298 e. The summed E-state index contributed by atoms with van der Waals surface area (Å²) in [7, 11) is 0. The second-order valence-corrected chi connectivity index (χ2v) is 6.30. The van der Waals surface area contributed by atoms with Crippen LogP contribution in [0.15, 0.2) is 73.3 Å². The van der Waals surface area contributed by atoms with Crippen LogP contribution in [0.2, 0.25) is 0 Å². The fourth-order valence-corrected chi connectivity index (χ4v) is 3.92. The molecular weight excluding hydrogens is 310 g/mol. The summed E-state index contributed by atoms with van der Waals surface area (Å²) in [6, 6.07) is 16.9. The molecule has 0 unspecified atom stereocenters. The van der Waals surface area contributed by atoms with Gasteiger partial charge in [0.05, 0.1) is 23.0 Å². The minimum Gasteiger partial charge on any atom is -0.277 e. The molecule has 0 atom stereocenters. The van der Waals surface area contributed by atoms with E-state index in [0.717, 1.165) is 29.1 Å². The van der Waals surface area contributed by atoms with Crippen molar-refractivity contribution in [3.8, 4) is 17.1 Å². The first kappa shape index (κ1) is 12.9. The summed E-state index contributed by atoms with van der Waals surface area (Å²) in [5.41, 5.74) is 6.92. The van der Waals surface area contributed by atoms with Gasteiger partial charge in [0.25, 0.3) is 11.5 Å². The highest BCUT2D eigenvalue weighted by molar-refractivity contribution is 5.84. The molecule has 0 aliphatic carbocycles. The van der Waals surface area contributed by atoms with Gasteiger partial charge in [-0.2, -0.15) is 4.57 Å². The van der Waals surface area contributed by atoms with Gasteiger partial charge < -0.3 is 0 Å². The van der Waals surface area contributed by atoms with Crippen molar-refractivity contribution < 1.29 is 4.57 Å². The number of hydrogen-bond acceptors (Lipinski definition) is 2. The first-order valence-corrected chi connectivity index (χ1v) is 8.31. The molecule has 0 saturated carbocycles. The first-order valence-electron chi connectivity index (χ1n) is 8.31. The Labute approximate surface area is 143 Å². The van der Waals surface area contributed by atoms with Crippen molar-refractivity contribution >= 4 is 16.7 Å². The van der Waals surface area contributed by atoms with Crippen molar-refractivity contribution in [2.24, 2.45) is 0 Å². The molecule has 4 aromatic heterocycles.